The smallest absolute Gasteiger partial charge is 0.147 e. The molecule has 0 aromatic carbocycles. The molecule has 0 saturated carbocycles. The zero-order valence-corrected chi connectivity index (χ0v) is 8.38. The lowest BCUT2D eigenvalue weighted by Gasteiger charge is -2.03. The van der Waals surface area contributed by atoms with Crippen molar-refractivity contribution >= 4 is 0 Å². The fourth-order valence-electron chi connectivity index (χ4n) is 1.33. The third-order valence-electron chi connectivity index (χ3n) is 2.12. The summed E-state index contributed by atoms with van der Waals surface area (Å²) in [6.07, 6.45) is 3.55. The molecule has 0 aliphatic carbocycles. The van der Waals surface area contributed by atoms with Gasteiger partial charge in [0.25, 0.3) is 0 Å². The molecule has 0 aliphatic heterocycles. The van der Waals surface area contributed by atoms with Gasteiger partial charge in [-0.15, -0.1) is 0 Å². The molecule has 0 amide bonds. The van der Waals surface area contributed by atoms with E-state index in [1.54, 1.807) is 6.33 Å². The predicted molar refractivity (Wildman–Crippen MR) is 51.7 cm³/mol. The number of hydrogen-bond donors (Lipinski definition) is 0. The second-order valence-electron chi connectivity index (χ2n) is 3.25. The van der Waals surface area contributed by atoms with Crippen LogP contribution in [-0.4, -0.2) is 24.5 Å². The third kappa shape index (κ3) is 1.81. The molecule has 0 aliphatic rings. The molecule has 2 heterocycles. The zero-order valence-electron chi connectivity index (χ0n) is 8.38. The van der Waals surface area contributed by atoms with Gasteiger partial charge in [-0.1, -0.05) is 0 Å². The lowest BCUT2D eigenvalue weighted by molar-refractivity contribution is 0.490. The van der Waals surface area contributed by atoms with Crippen molar-refractivity contribution in [3.8, 4) is 0 Å². The van der Waals surface area contributed by atoms with Crippen molar-refractivity contribution in [2.75, 3.05) is 0 Å². The summed E-state index contributed by atoms with van der Waals surface area (Å²) >= 11 is 0. The van der Waals surface area contributed by atoms with E-state index in [0.717, 1.165) is 18.9 Å². The first-order valence-corrected chi connectivity index (χ1v) is 4.60. The highest BCUT2D eigenvalue weighted by molar-refractivity contribution is 4.96. The van der Waals surface area contributed by atoms with E-state index in [9.17, 15) is 0 Å². The van der Waals surface area contributed by atoms with Gasteiger partial charge in [-0.05, 0) is 19.9 Å². The quantitative estimate of drug-likeness (QED) is 0.720. The van der Waals surface area contributed by atoms with Crippen LogP contribution in [0.2, 0.25) is 0 Å². The maximum absolute atomic E-state index is 4.20. The Morgan fingerprint density at radius 3 is 2.71 bits per heavy atom. The molecule has 2 rings (SSSR count). The molecule has 0 radical (unpaired) electrons. The minimum Gasteiger partial charge on any atom is -0.268 e. The van der Waals surface area contributed by atoms with Crippen LogP contribution in [0.5, 0.6) is 0 Å². The van der Waals surface area contributed by atoms with Gasteiger partial charge in [-0.25, -0.2) is 4.98 Å². The minimum atomic E-state index is 0.808. The molecular formula is C9H13N5. The molecule has 5 nitrogen and oxygen atoms in total. The van der Waals surface area contributed by atoms with Crippen molar-refractivity contribution in [2.24, 2.45) is 0 Å². The lowest BCUT2D eigenvalue weighted by Crippen LogP contribution is -2.10. The Bertz CT molecular complexity index is 414. The van der Waals surface area contributed by atoms with Gasteiger partial charge in [0.05, 0.1) is 13.1 Å². The largest absolute Gasteiger partial charge is 0.268 e. The van der Waals surface area contributed by atoms with E-state index in [0.29, 0.717) is 0 Å². The van der Waals surface area contributed by atoms with Crippen LogP contribution in [-0.2, 0) is 13.1 Å². The van der Waals surface area contributed by atoms with Crippen molar-refractivity contribution in [3.05, 3.63) is 30.1 Å². The van der Waals surface area contributed by atoms with Crippen LogP contribution < -0.4 is 0 Å². The second-order valence-corrected chi connectivity index (χ2v) is 3.25. The maximum Gasteiger partial charge on any atom is 0.147 e. The summed E-state index contributed by atoms with van der Waals surface area (Å²) < 4.78 is 3.79. The fourth-order valence-corrected chi connectivity index (χ4v) is 1.33. The first-order chi connectivity index (χ1) is 6.75. The van der Waals surface area contributed by atoms with Gasteiger partial charge in [0.1, 0.15) is 12.2 Å². The van der Waals surface area contributed by atoms with Crippen LogP contribution >= 0.6 is 0 Å². The first kappa shape index (κ1) is 8.93. The van der Waals surface area contributed by atoms with E-state index < -0.39 is 0 Å². The molecule has 0 atom stereocenters. The Morgan fingerprint density at radius 1 is 1.29 bits per heavy atom. The van der Waals surface area contributed by atoms with Crippen LogP contribution in [0.25, 0.3) is 0 Å². The van der Waals surface area contributed by atoms with E-state index in [1.165, 1.54) is 5.69 Å². The molecule has 0 saturated heterocycles. The summed E-state index contributed by atoms with van der Waals surface area (Å²) in [6, 6.07) is 1.99. The molecule has 74 valence electrons. The second kappa shape index (κ2) is 3.61. The minimum absolute atomic E-state index is 0.808. The monoisotopic (exact) mass is 191 g/mol. The molecule has 0 N–H and O–H groups in total. The van der Waals surface area contributed by atoms with E-state index in [4.69, 9.17) is 0 Å². The van der Waals surface area contributed by atoms with Crippen LogP contribution in [0.3, 0.4) is 0 Å². The van der Waals surface area contributed by atoms with Crippen LogP contribution in [0.15, 0.2) is 18.6 Å². The summed E-state index contributed by atoms with van der Waals surface area (Å²) in [7, 11) is 0. The number of hydrogen-bond acceptors (Lipinski definition) is 3. The molecule has 0 fully saturated rings. The van der Waals surface area contributed by atoms with Gasteiger partial charge in [0.15, 0.2) is 0 Å². The van der Waals surface area contributed by atoms with Crippen molar-refractivity contribution in [1.29, 1.82) is 0 Å². The van der Waals surface area contributed by atoms with Crippen LogP contribution in [0, 0.1) is 13.8 Å². The molecule has 2 aromatic heterocycles. The van der Waals surface area contributed by atoms with E-state index in [1.807, 2.05) is 35.5 Å². The standard InChI is InChI=1S/C9H13N5/c1-8-3-4-11-14(8)6-5-13-7-10-9(2)12-13/h3-4,7H,5-6H2,1-2H3. The third-order valence-corrected chi connectivity index (χ3v) is 2.12. The van der Waals surface area contributed by atoms with Crippen LogP contribution in [0.4, 0.5) is 0 Å². The summed E-state index contributed by atoms with van der Waals surface area (Å²) in [5.41, 5.74) is 1.17. The number of rotatable bonds is 3. The Labute approximate surface area is 82.4 Å². The number of aryl methyl sites for hydroxylation is 4. The van der Waals surface area contributed by atoms with Crippen molar-refractivity contribution < 1.29 is 0 Å². The van der Waals surface area contributed by atoms with Gasteiger partial charge in [0.2, 0.25) is 0 Å². The Balaban J connectivity index is 1.98. The summed E-state index contributed by atoms with van der Waals surface area (Å²) in [6.45, 7) is 5.57. The molecule has 2 aromatic rings. The highest BCUT2D eigenvalue weighted by atomic mass is 15.4. The van der Waals surface area contributed by atoms with E-state index >= 15 is 0 Å². The van der Waals surface area contributed by atoms with Gasteiger partial charge < -0.3 is 0 Å². The Hall–Kier alpha value is -1.65. The molecule has 5 heteroatoms. The van der Waals surface area contributed by atoms with Gasteiger partial charge >= 0.3 is 0 Å². The normalized spacial score (nSPS) is 10.7. The fraction of sp³-hybridized carbons (Fsp3) is 0.444. The highest BCUT2D eigenvalue weighted by Gasteiger charge is 1.98. The molecular weight excluding hydrogens is 178 g/mol. The van der Waals surface area contributed by atoms with Gasteiger partial charge in [-0.3, -0.25) is 9.36 Å². The van der Waals surface area contributed by atoms with Crippen molar-refractivity contribution in [2.45, 2.75) is 26.9 Å². The zero-order chi connectivity index (χ0) is 9.97. The van der Waals surface area contributed by atoms with Gasteiger partial charge in [0, 0.05) is 11.9 Å². The Morgan fingerprint density at radius 2 is 2.14 bits per heavy atom. The van der Waals surface area contributed by atoms with Crippen molar-refractivity contribution in [3.63, 3.8) is 0 Å². The van der Waals surface area contributed by atoms with Crippen LogP contribution in [0.1, 0.15) is 11.5 Å². The van der Waals surface area contributed by atoms with E-state index in [-0.39, 0.29) is 0 Å². The lowest BCUT2D eigenvalue weighted by atomic mass is 10.5. The van der Waals surface area contributed by atoms with E-state index in [2.05, 4.69) is 15.2 Å². The first-order valence-electron chi connectivity index (χ1n) is 4.60. The summed E-state index contributed by atoms with van der Waals surface area (Å²) in [5.74, 6) is 0.808. The molecule has 0 bridgehead atoms. The van der Waals surface area contributed by atoms with Gasteiger partial charge in [-0.2, -0.15) is 10.2 Å². The highest BCUT2D eigenvalue weighted by Crippen LogP contribution is 1.96. The topological polar surface area (TPSA) is 48.5 Å². The Kier molecular flexibility index (Phi) is 2.30. The summed E-state index contributed by atoms with van der Waals surface area (Å²) in [5, 5.41) is 8.40. The molecule has 14 heavy (non-hydrogen) atoms. The predicted octanol–water partition coefficient (Wildman–Crippen LogP) is 0.792. The average molecular weight is 191 g/mol. The number of nitrogens with zero attached hydrogens (tertiary/aromatic N) is 5. The average Bonchev–Trinajstić information content (AvgIpc) is 2.72. The molecule has 0 spiro atoms. The van der Waals surface area contributed by atoms with Crippen molar-refractivity contribution in [1.82, 2.24) is 24.5 Å². The SMILES string of the molecule is Cc1ncn(CCn2nccc2C)n1. The number of aromatic nitrogens is 5. The summed E-state index contributed by atoms with van der Waals surface area (Å²) in [4.78, 5) is 4.06. The molecule has 0 unspecified atom stereocenters. The maximum atomic E-state index is 4.20.